The summed E-state index contributed by atoms with van der Waals surface area (Å²) in [6, 6.07) is 0.409. The van der Waals surface area contributed by atoms with Crippen LogP contribution >= 0.6 is 0 Å². The summed E-state index contributed by atoms with van der Waals surface area (Å²) >= 11 is 0. The van der Waals surface area contributed by atoms with Gasteiger partial charge in [0, 0.05) is 19.1 Å². The van der Waals surface area contributed by atoms with Crippen molar-refractivity contribution < 1.29 is 0 Å². The van der Waals surface area contributed by atoms with Crippen LogP contribution in [0, 0.1) is 0 Å². The molecule has 0 aromatic carbocycles. The van der Waals surface area contributed by atoms with E-state index in [1.54, 1.807) is 0 Å². The van der Waals surface area contributed by atoms with E-state index < -0.39 is 0 Å². The molecule has 5 heteroatoms. The molecule has 0 radical (unpaired) electrons. The van der Waals surface area contributed by atoms with Crippen molar-refractivity contribution in [2.75, 3.05) is 47.3 Å². The number of nitrogens with zero attached hydrogens (tertiary/aromatic N) is 4. The molecule has 0 saturated heterocycles. The second kappa shape index (κ2) is 11.6. The molecule has 0 spiro atoms. The molecule has 0 fully saturated rings. The monoisotopic (exact) mass is 371 g/mol. The molecule has 0 rings (SSSR count). The smallest absolute Gasteiger partial charge is 0.114 e. The van der Waals surface area contributed by atoms with Gasteiger partial charge in [-0.15, -0.1) is 0 Å². The molecule has 0 amide bonds. The van der Waals surface area contributed by atoms with Crippen molar-refractivity contribution in [3.63, 3.8) is 0 Å². The van der Waals surface area contributed by atoms with Crippen molar-refractivity contribution in [2.24, 2.45) is 0 Å². The van der Waals surface area contributed by atoms with E-state index in [9.17, 15) is 0 Å². The predicted octanol–water partition coefficient (Wildman–Crippen LogP) is 3.68. The number of rotatable bonds is 14. The highest BCUT2D eigenvalue weighted by Gasteiger charge is 2.56. The summed E-state index contributed by atoms with van der Waals surface area (Å²) in [4.78, 5) is 5.05. The van der Waals surface area contributed by atoms with E-state index in [0.29, 0.717) is 6.04 Å². The maximum atomic E-state index is 3.78. The molecule has 0 aliphatic carbocycles. The lowest BCUT2D eigenvalue weighted by Crippen LogP contribution is -2.82. The number of hydrazine groups is 1. The Morgan fingerprint density at radius 1 is 0.885 bits per heavy atom. The molecule has 2 atom stereocenters. The third-order valence-electron chi connectivity index (χ3n) is 6.00. The fourth-order valence-corrected chi connectivity index (χ4v) is 5.12. The summed E-state index contributed by atoms with van der Waals surface area (Å²) in [5.74, 6) is 0. The van der Waals surface area contributed by atoms with E-state index in [2.05, 4.69) is 102 Å². The van der Waals surface area contributed by atoms with Gasteiger partial charge in [0.2, 0.25) is 0 Å². The van der Waals surface area contributed by atoms with E-state index >= 15 is 0 Å². The first-order chi connectivity index (χ1) is 12.2. The van der Waals surface area contributed by atoms with Crippen molar-refractivity contribution in [1.29, 1.82) is 0 Å². The summed E-state index contributed by atoms with van der Waals surface area (Å²) in [5, 5.41) is 8.99. The van der Waals surface area contributed by atoms with Crippen LogP contribution in [-0.2, 0) is 0 Å². The van der Waals surface area contributed by atoms with Gasteiger partial charge in [-0.05, 0) is 74.3 Å². The van der Waals surface area contributed by atoms with Crippen molar-refractivity contribution >= 4 is 0 Å². The quantitative estimate of drug-likeness (QED) is 0.371. The average molecular weight is 372 g/mol. The van der Waals surface area contributed by atoms with E-state index in [4.69, 9.17) is 0 Å². The van der Waals surface area contributed by atoms with Crippen LogP contribution in [0.2, 0.25) is 0 Å². The maximum absolute atomic E-state index is 3.78. The predicted molar refractivity (Wildman–Crippen MR) is 116 cm³/mol. The summed E-state index contributed by atoms with van der Waals surface area (Å²) in [6.45, 7) is 22.8. The van der Waals surface area contributed by atoms with Crippen molar-refractivity contribution in [2.45, 2.75) is 92.0 Å². The highest BCUT2D eigenvalue weighted by molar-refractivity contribution is 5.06. The molecule has 0 aliphatic heterocycles. The minimum Gasteiger partial charge on any atom is -0.299 e. The van der Waals surface area contributed by atoms with E-state index in [-0.39, 0.29) is 11.3 Å². The molecule has 0 aromatic rings. The fourth-order valence-electron chi connectivity index (χ4n) is 5.12. The summed E-state index contributed by atoms with van der Waals surface area (Å²) in [6.07, 6.45) is 3.37. The highest BCUT2D eigenvalue weighted by Crippen LogP contribution is 2.38. The number of nitrogens with one attached hydrogen (secondary N) is 1. The first kappa shape index (κ1) is 25.8. The van der Waals surface area contributed by atoms with Crippen LogP contribution < -0.4 is 5.32 Å². The van der Waals surface area contributed by atoms with E-state index in [0.717, 1.165) is 45.4 Å². The summed E-state index contributed by atoms with van der Waals surface area (Å²) in [7, 11) is 6.60. The minimum absolute atomic E-state index is 0.116. The van der Waals surface area contributed by atoms with Crippen LogP contribution in [0.25, 0.3) is 0 Å². The number of hydrogen-bond donors (Lipinski definition) is 1. The Morgan fingerprint density at radius 2 is 1.35 bits per heavy atom. The van der Waals surface area contributed by atoms with Crippen molar-refractivity contribution in [3.8, 4) is 0 Å². The Morgan fingerprint density at radius 3 is 1.58 bits per heavy atom. The molecule has 0 saturated carbocycles. The van der Waals surface area contributed by atoms with Crippen LogP contribution in [0.15, 0.2) is 0 Å². The zero-order valence-electron chi connectivity index (χ0n) is 19.8. The van der Waals surface area contributed by atoms with Gasteiger partial charge in [-0.2, -0.15) is 0 Å². The lowest BCUT2D eigenvalue weighted by atomic mass is 9.86. The molecular weight excluding hydrogens is 322 g/mol. The van der Waals surface area contributed by atoms with Crippen LogP contribution in [0.4, 0.5) is 0 Å². The zero-order valence-corrected chi connectivity index (χ0v) is 19.8. The molecule has 158 valence electrons. The lowest BCUT2D eigenvalue weighted by Gasteiger charge is -2.63. The van der Waals surface area contributed by atoms with Crippen LogP contribution in [0.3, 0.4) is 0 Å². The van der Waals surface area contributed by atoms with Crippen LogP contribution in [0.1, 0.15) is 74.7 Å². The molecule has 0 heterocycles. The largest absolute Gasteiger partial charge is 0.299 e. The Hall–Kier alpha value is -0.200. The zero-order chi connectivity index (χ0) is 20.5. The molecule has 0 aromatic heterocycles. The average Bonchev–Trinajstić information content (AvgIpc) is 2.59. The number of hydrogen-bond acceptors (Lipinski definition) is 5. The van der Waals surface area contributed by atoms with Gasteiger partial charge < -0.3 is 0 Å². The fraction of sp³-hybridized carbons (Fsp3) is 1.00. The Labute approximate surface area is 165 Å². The third kappa shape index (κ3) is 4.79. The second-order valence-electron chi connectivity index (χ2n) is 7.95. The first-order valence-electron chi connectivity index (χ1n) is 10.8. The third-order valence-corrected chi connectivity index (χ3v) is 6.00. The Bertz CT molecular complexity index is 363. The van der Waals surface area contributed by atoms with Crippen molar-refractivity contribution in [3.05, 3.63) is 0 Å². The standard InChI is InChI=1S/C21H49N5/c1-12-17-25(18-13-2)26(19(6)7)20(8,22-9)21(14-3,23(10)11)24(15-4)16-5/h19,22H,12-18H2,1-11H3. The topological polar surface area (TPSA) is 25.0 Å². The molecule has 2 unspecified atom stereocenters. The SMILES string of the molecule is CCCN(CCC)N(C(C)C)C(C)(NC)C(CC)(N(C)C)N(CC)CC. The van der Waals surface area contributed by atoms with Gasteiger partial charge in [-0.3, -0.25) is 15.1 Å². The van der Waals surface area contributed by atoms with Crippen LogP contribution in [0.5, 0.6) is 0 Å². The molecule has 26 heavy (non-hydrogen) atoms. The molecule has 0 bridgehead atoms. The Kier molecular flexibility index (Phi) is 11.5. The minimum atomic E-state index is -0.226. The molecule has 5 nitrogen and oxygen atoms in total. The van der Waals surface area contributed by atoms with Gasteiger partial charge >= 0.3 is 0 Å². The van der Waals surface area contributed by atoms with Gasteiger partial charge in [0.15, 0.2) is 0 Å². The van der Waals surface area contributed by atoms with Gasteiger partial charge in [-0.1, -0.05) is 34.6 Å². The summed E-state index contributed by atoms with van der Waals surface area (Å²) < 4.78 is 0. The first-order valence-corrected chi connectivity index (χ1v) is 10.8. The maximum Gasteiger partial charge on any atom is 0.114 e. The highest BCUT2D eigenvalue weighted by atomic mass is 15.7. The normalized spacial score (nSPS) is 17.5. The van der Waals surface area contributed by atoms with Crippen LogP contribution in [-0.4, -0.2) is 84.5 Å². The molecule has 0 aliphatic rings. The lowest BCUT2D eigenvalue weighted by molar-refractivity contribution is -0.231. The molecule has 1 N–H and O–H groups in total. The number of likely N-dealkylation sites (N-methyl/N-ethyl adjacent to an activating group) is 3. The van der Waals surface area contributed by atoms with Crippen molar-refractivity contribution in [1.82, 2.24) is 25.1 Å². The van der Waals surface area contributed by atoms with E-state index in [1.807, 2.05) is 0 Å². The Balaban J connectivity index is 6.54. The van der Waals surface area contributed by atoms with E-state index in [1.165, 1.54) is 0 Å². The van der Waals surface area contributed by atoms with Gasteiger partial charge in [0.25, 0.3) is 0 Å². The summed E-state index contributed by atoms with van der Waals surface area (Å²) in [5.41, 5.74) is -0.342. The second-order valence-corrected chi connectivity index (χ2v) is 7.95. The van der Waals surface area contributed by atoms with Gasteiger partial charge in [0.1, 0.15) is 11.3 Å². The molecular formula is C21H49N5. The van der Waals surface area contributed by atoms with Gasteiger partial charge in [-0.25, -0.2) is 10.0 Å². The van der Waals surface area contributed by atoms with Gasteiger partial charge in [0.05, 0.1) is 0 Å².